The van der Waals surface area contributed by atoms with Crippen molar-refractivity contribution in [1.82, 2.24) is 5.32 Å². The molecule has 0 fully saturated rings. The van der Waals surface area contributed by atoms with Crippen LogP contribution in [-0.2, 0) is 0 Å². The zero-order valence-corrected chi connectivity index (χ0v) is 14.4. The van der Waals surface area contributed by atoms with Gasteiger partial charge in [0.15, 0.2) is 0 Å². The summed E-state index contributed by atoms with van der Waals surface area (Å²) in [4.78, 5) is 13.2. The van der Waals surface area contributed by atoms with Crippen LogP contribution in [0.1, 0.15) is 24.2 Å². The lowest BCUT2D eigenvalue weighted by molar-refractivity contribution is 0.0949. The van der Waals surface area contributed by atoms with Gasteiger partial charge in [0.1, 0.15) is 5.75 Å². The van der Waals surface area contributed by atoms with Crippen LogP contribution in [0.15, 0.2) is 59.5 Å². The lowest BCUT2D eigenvalue weighted by Crippen LogP contribution is -2.27. The average molecular weight is 329 g/mol. The van der Waals surface area contributed by atoms with Crippen LogP contribution >= 0.6 is 11.8 Å². The Morgan fingerprint density at radius 3 is 2.43 bits per heavy atom. The van der Waals surface area contributed by atoms with E-state index < -0.39 is 0 Å². The Kier molecular flexibility index (Phi) is 7.01. The van der Waals surface area contributed by atoms with Gasteiger partial charge in [0.05, 0.1) is 6.61 Å². The highest BCUT2D eigenvalue weighted by molar-refractivity contribution is 7.99. The van der Waals surface area contributed by atoms with Gasteiger partial charge in [-0.15, -0.1) is 11.8 Å². The van der Waals surface area contributed by atoms with Crippen molar-refractivity contribution in [1.29, 1.82) is 0 Å². The SMILES string of the molecule is CC(C)CNC(=O)c1ccc(OCCSc2ccccc2)cc1. The smallest absolute Gasteiger partial charge is 0.251 e. The number of carbonyl (C=O) groups excluding carboxylic acids is 1. The molecule has 0 bridgehead atoms. The second kappa shape index (κ2) is 9.26. The second-order valence-electron chi connectivity index (χ2n) is 5.64. The van der Waals surface area contributed by atoms with Crippen molar-refractivity contribution in [3.05, 3.63) is 60.2 Å². The van der Waals surface area contributed by atoms with Gasteiger partial charge in [-0.3, -0.25) is 4.79 Å². The van der Waals surface area contributed by atoms with Crippen LogP contribution in [0.3, 0.4) is 0 Å². The van der Waals surface area contributed by atoms with Crippen LogP contribution in [0, 0.1) is 5.92 Å². The normalized spacial score (nSPS) is 10.6. The maximum atomic E-state index is 11.9. The minimum atomic E-state index is -0.0371. The maximum absolute atomic E-state index is 11.9. The Morgan fingerprint density at radius 2 is 1.78 bits per heavy atom. The fraction of sp³-hybridized carbons (Fsp3) is 0.316. The number of hydrogen-bond donors (Lipinski definition) is 1. The van der Waals surface area contributed by atoms with Gasteiger partial charge in [0.2, 0.25) is 0 Å². The topological polar surface area (TPSA) is 38.3 Å². The number of rotatable bonds is 8. The molecule has 0 saturated carbocycles. The number of nitrogens with one attached hydrogen (secondary N) is 1. The molecule has 122 valence electrons. The van der Waals surface area contributed by atoms with E-state index in [-0.39, 0.29) is 5.91 Å². The first kappa shape index (κ1) is 17.4. The zero-order chi connectivity index (χ0) is 16.5. The van der Waals surface area contributed by atoms with Crippen LogP contribution in [0.4, 0.5) is 0 Å². The third-order valence-electron chi connectivity index (χ3n) is 3.15. The minimum Gasteiger partial charge on any atom is -0.493 e. The molecule has 2 aromatic rings. The average Bonchev–Trinajstić information content (AvgIpc) is 2.58. The summed E-state index contributed by atoms with van der Waals surface area (Å²) in [5.74, 6) is 2.09. The molecule has 0 saturated heterocycles. The summed E-state index contributed by atoms with van der Waals surface area (Å²) in [5, 5.41) is 2.91. The summed E-state index contributed by atoms with van der Waals surface area (Å²) >= 11 is 1.77. The number of amides is 1. The predicted octanol–water partition coefficient (Wildman–Crippen LogP) is 4.24. The monoisotopic (exact) mass is 329 g/mol. The van der Waals surface area contributed by atoms with Crippen molar-refractivity contribution < 1.29 is 9.53 Å². The molecule has 2 rings (SSSR count). The first-order valence-electron chi connectivity index (χ1n) is 7.84. The molecule has 0 atom stereocenters. The summed E-state index contributed by atoms with van der Waals surface area (Å²) in [6, 6.07) is 17.6. The van der Waals surface area contributed by atoms with Crippen molar-refractivity contribution in [2.24, 2.45) is 5.92 Å². The number of ether oxygens (including phenoxy) is 1. The molecule has 4 heteroatoms. The van der Waals surface area contributed by atoms with Gasteiger partial charge in [0, 0.05) is 22.8 Å². The molecule has 3 nitrogen and oxygen atoms in total. The number of carbonyl (C=O) groups is 1. The van der Waals surface area contributed by atoms with E-state index >= 15 is 0 Å². The van der Waals surface area contributed by atoms with Crippen molar-refractivity contribution in [2.45, 2.75) is 18.7 Å². The zero-order valence-electron chi connectivity index (χ0n) is 13.6. The van der Waals surface area contributed by atoms with Crippen LogP contribution in [-0.4, -0.2) is 24.8 Å². The molecule has 0 heterocycles. The number of benzene rings is 2. The molecule has 0 aliphatic heterocycles. The summed E-state index contributed by atoms with van der Waals surface area (Å²) in [7, 11) is 0. The summed E-state index contributed by atoms with van der Waals surface area (Å²) in [6.07, 6.45) is 0. The highest BCUT2D eigenvalue weighted by Crippen LogP contribution is 2.18. The first-order valence-corrected chi connectivity index (χ1v) is 8.82. The lowest BCUT2D eigenvalue weighted by Gasteiger charge is -2.09. The van der Waals surface area contributed by atoms with Crippen LogP contribution in [0.2, 0.25) is 0 Å². The van der Waals surface area contributed by atoms with Gasteiger partial charge in [-0.05, 0) is 42.3 Å². The van der Waals surface area contributed by atoms with Crippen LogP contribution in [0.25, 0.3) is 0 Å². The fourth-order valence-corrected chi connectivity index (χ4v) is 2.69. The summed E-state index contributed by atoms with van der Waals surface area (Å²) in [5.41, 5.74) is 0.664. The minimum absolute atomic E-state index is 0.0371. The van der Waals surface area contributed by atoms with E-state index in [2.05, 4.69) is 31.3 Å². The van der Waals surface area contributed by atoms with E-state index in [4.69, 9.17) is 4.74 Å². The Labute approximate surface area is 142 Å². The van der Waals surface area contributed by atoms with Crippen molar-refractivity contribution in [2.75, 3.05) is 18.9 Å². The molecule has 23 heavy (non-hydrogen) atoms. The fourth-order valence-electron chi connectivity index (χ4n) is 1.94. The Bertz CT molecular complexity index is 597. The van der Waals surface area contributed by atoms with E-state index in [1.165, 1.54) is 4.90 Å². The molecule has 2 aromatic carbocycles. The summed E-state index contributed by atoms with van der Waals surface area (Å²) in [6.45, 7) is 5.47. The van der Waals surface area contributed by atoms with E-state index in [1.54, 1.807) is 23.9 Å². The Morgan fingerprint density at radius 1 is 1.09 bits per heavy atom. The van der Waals surface area contributed by atoms with E-state index in [0.717, 1.165) is 11.5 Å². The van der Waals surface area contributed by atoms with Gasteiger partial charge in [-0.1, -0.05) is 32.0 Å². The molecular formula is C19H23NO2S. The van der Waals surface area contributed by atoms with Crippen molar-refractivity contribution in [3.8, 4) is 5.75 Å². The maximum Gasteiger partial charge on any atom is 0.251 e. The molecule has 0 unspecified atom stereocenters. The van der Waals surface area contributed by atoms with E-state index in [0.29, 0.717) is 24.6 Å². The summed E-state index contributed by atoms with van der Waals surface area (Å²) < 4.78 is 5.71. The molecule has 0 spiro atoms. The molecule has 0 aliphatic rings. The van der Waals surface area contributed by atoms with Crippen molar-refractivity contribution >= 4 is 17.7 Å². The van der Waals surface area contributed by atoms with Crippen LogP contribution < -0.4 is 10.1 Å². The molecule has 1 amide bonds. The third kappa shape index (κ3) is 6.37. The van der Waals surface area contributed by atoms with Crippen molar-refractivity contribution in [3.63, 3.8) is 0 Å². The quantitative estimate of drug-likeness (QED) is 0.581. The highest BCUT2D eigenvalue weighted by Gasteiger charge is 2.06. The lowest BCUT2D eigenvalue weighted by atomic mass is 10.2. The number of thioether (sulfide) groups is 1. The van der Waals surface area contributed by atoms with Gasteiger partial charge < -0.3 is 10.1 Å². The van der Waals surface area contributed by atoms with Gasteiger partial charge in [-0.25, -0.2) is 0 Å². The molecule has 0 radical (unpaired) electrons. The van der Waals surface area contributed by atoms with Crippen LogP contribution in [0.5, 0.6) is 5.75 Å². The third-order valence-corrected chi connectivity index (χ3v) is 4.13. The van der Waals surface area contributed by atoms with E-state index in [1.807, 2.05) is 30.3 Å². The Balaban J connectivity index is 1.73. The predicted molar refractivity (Wildman–Crippen MR) is 96.3 cm³/mol. The standard InChI is InChI=1S/C19H23NO2S/c1-15(2)14-20-19(21)16-8-10-17(11-9-16)22-12-13-23-18-6-4-3-5-7-18/h3-11,15H,12-14H2,1-2H3,(H,20,21). The number of hydrogen-bond acceptors (Lipinski definition) is 3. The second-order valence-corrected chi connectivity index (χ2v) is 6.81. The molecule has 0 aliphatic carbocycles. The molecule has 1 N–H and O–H groups in total. The largest absolute Gasteiger partial charge is 0.493 e. The van der Waals surface area contributed by atoms with Gasteiger partial charge >= 0.3 is 0 Å². The van der Waals surface area contributed by atoms with E-state index in [9.17, 15) is 4.79 Å². The molecule has 0 aromatic heterocycles. The highest BCUT2D eigenvalue weighted by atomic mass is 32.2. The van der Waals surface area contributed by atoms with Gasteiger partial charge in [0.25, 0.3) is 5.91 Å². The molecular weight excluding hydrogens is 306 g/mol. The van der Waals surface area contributed by atoms with Gasteiger partial charge in [-0.2, -0.15) is 0 Å². The Hall–Kier alpha value is -1.94. The first-order chi connectivity index (χ1) is 11.1.